The van der Waals surface area contributed by atoms with E-state index >= 15 is 0 Å². The summed E-state index contributed by atoms with van der Waals surface area (Å²) in [6.45, 7) is 4.09. The van der Waals surface area contributed by atoms with Crippen LogP contribution in [-0.2, 0) is 0 Å². The standard InChI is InChI=1S/C22H22N2O3S3/c1-3-29-19(30-4-2)14-18-20(25)23-22(28)24(21(18)26)15-10-12-17(13-11-15)27-16-8-6-5-7-9-16/h5-14,26H,3-4H2,1-2H3,(H,23,25,28). The minimum Gasteiger partial charge on any atom is -0.494 e. The first-order valence-electron chi connectivity index (χ1n) is 9.42. The van der Waals surface area contributed by atoms with Crippen LogP contribution in [0.4, 0.5) is 0 Å². The number of rotatable bonds is 8. The molecule has 0 aliphatic carbocycles. The first kappa shape index (κ1) is 22.3. The molecule has 0 bridgehead atoms. The first-order valence-corrected chi connectivity index (χ1v) is 11.8. The van der Waals surface area contributed by atoms with Crippen molar-refractivity contribution < 1.29 is 9.84 Å². The molecule has 1 aromatic heterocycles. The van der Waals surface area contributed by atoms with Gasteiger partial charge in [0.15, 0.2) is 4.77 Å². The number of thioether (sulfide) groups is 2. The fourth-order valence-electron chi connectivity index (χ4n) is 2.72. The molecule has 3 aromatic rings. The van der Waals surface area contributed by atoms with Gasteiger partial charge in [-0.2, -0.15) is 0 Å². The summed E-state index contributed by atoms with van der Waals surface area (Å²) in [7, 11) is 0. The van der Waals surface area contributed by atoms with Crippen molar-refractivity contribution in [1.82, 2.24) is 9.55 Å². The maximum Gasteiger partial charge on any atom is 0.262 e. The summed E-state index contributed by atoms with van der Waals surface area (Å²) in [6, 6.07) is 16.6. The van der Waals surface area contributed by atoms with Crippen LogP contribution in [-0.4, -0.2) is 26.2 Å². The van der Waals surface area contributed by atoms with Crippen molar-refractivity contribution in [3.8, 4) is 23.1 Å². The quantitative estimate of drug-likeness (QED) is 0.392. The Kier molecular flexibility index (Phi) is 7.84. The molecule has 0 spiro atoms. The maximum atomic E-state index is 12.5. The monoisotopic (exact) mass is 458 g/mol. The van der Waals surface area contributed by atoms with Crippen molar-refractivity contribution in [2.75, 3.05) is 11.5 Å². The average Bonchev–Trinajstić information content (AvgIpc) is 2.73. The summed E-state index contributed by atoms with van der Waals surface area (Å²) in [4.78, 5) is 15.1. The minimum atomic E-state index is -0.413. The van der Waals surface area contributed by atoms with E-state index in [9.17, 15) is 9.90 Å². The summed E-state index contributed by atoms with van der Waals surface area (Å²) < 4.78 is 8.35. The van der Waals surface area contributed by atoms with Crippen LogP contribution in [0.2, 0.25) is 0 Å². The molecule has 2 aromatic carbocycles. The van der Waals surface area contributed by atoms with Gasteiger partial charge >= 0.3 is 0 Å². The number of aromatic nitrogens is 2. The lowest BCUT2D eigenvalue weighted by Gasteiger charge is -2.13. The molecular formula is C22H22N2O3S3. The van der Waals surface area contributed by atoms with Gasteiger partial charge < -0.3 is 9.84 Å². The van der Waals surface area contributed by atoms with Crippen molar-refractivity contribution in [2.45, 2.75) is 13.8 Å². The third-order valence-electron chi connectivity index (χ3n) is 4.03. The van der Waals surface area contributed by atoms with Crippen molar-refractivity contribution in [3.05, 3.63) is 79.5 Å². The summed E-state index contributed by atoms with van der Waals surface area (Å²) >= 11 is 8.57. The molecule has 0 saturated heterocycles. The normalized spacial score (nSPS) is 10.6. The fraction of sp³-hybridized carbons (Fsp3) is 0.182. The van der Waals surface area contributed by atoms with Gasteiger partial charge in [0.05, 0.1) is 5.69 Å². The number of aromatic hydroxyl groups is 1. The van der Waals surface area contributed by atoms with Crippen LogP contribution in [0.15, 0.2) is 63.6 Å². The molecule has 0 aliphatic rings. The lowest BCUT2D eigenvalue weighted by Crippen LogP contribution is -2.16. The maximum absolute atomic E-state index is 12.5. The predicted octanol–water partition coefficient (Wildman–Crippen LogP) is 6.20. The predicted molar refractivity (Wildman–Crippen MR) is 130 cm³/mol. The van der Waals surface area contributed by atoms with Crippen LogP contribution in [0, 0.1) is 4.77 Å². The Bertz CT molecular complexity index is 1130. The van der Waals surface area contributed by atoms with E-state index in [1.165, 1.54) is 4.57 Å². The smallest absolute Gasteiger partial charge is 0.262 e. The van der Waals surface area contributed by atoms with E-state index in [1.54, 1.807) is 53.9 Å². The van der Waals surface area contributed by atoms with E-state index in [1.807, 2.05) is 44.2 Å². The molecule has 0 fully saturated rings. The molecular weight excluding hydrogens is 436 g/mol. The molecule has 0 unspecified atom stereocenters. The number of nitrogens with one attached hydrogen (secondary N) is 1. The molecule has 0 radical (unpaired) electrons. The second kappa shape index (κ2) is 10.6. The van der Waals surface area contributed by atoms with Crippen molar-refractivity contribution in [1.29, 1.82) is 0 Å². The van der Waals surface area contributed by atoms with E-state index in [2.05, 4.69) is 4.98 Å². The summed E-state index contributed by atoms with van der Waals surface area (Å²) in [6.07, 6.45) is 1.72. The summed E-state index contributed by atoms with van der Waals surface area (Å²) in [5.74, 6) is 2.95. The molecule has 30 heavy (non-hydrogen) atoms. The van der Waals surface area contributed by atoms with Crippen molar-refractivity contribution >= 4 is 41.8 Å². The Labute approximate surface area is 188 Å². The van der Waals surface area contributed by atoms with Gasteiger partial charge in [0, 0.05) is 4.24 Å². The minimum absolute atomic E-state index is 0.124. The van der Waals surface area contributed by atoms with Gasteiger partial charge in [-0.25, -0.2) is 0 Å². The zero-order chi connectivity index (χ0) is 21.5. The molecule has 0 aliphatic heterocycles. The lowest BCUT2D eigenvalue weighted by atomic mass is 10.2. The SMILES string of the molecule is CCSC(=Cc1c(O)n(-c2ccc(Oc3ccccc3)cc2)c(=S)[nH]c1=O)SCC. The van der Waals surface area contributed by atoms with E-state index in [0.29, 0.717) is 11.4 Å². The number of aromatic amines is 1. The highest BCUT2D eigenvalue weighted by molar-refractivity contribution is 8.22. The van der Waals surface area contributed by atoms with Gasteiger partial charge in [0.25, 0.3) is 5.56 Å². The van der Waals surface area contributed by atoms with E-state index < -0.39 is 5.56 Å². The number of hydrogen-bond acceptors (Lipinski definition) is 6. The first-order chi connectivity index (χ1) is 14.5. The summed E-state index contributed by atoms with van der Waals surface area (Å²) in [5.41, 5.74) is 0.394. The van der Waals surface area contributed by atoms with Crippen molar-refractivity contribution in [2.24, 2.45) is 0 Å². The molecule has 0 atom stereocenters. The zero-order valence-corrected chi connectivity index (χ0v) is 19.1. The van der Waals surface area contributed by atoms with Crippen LogP contribution in [0.25, 0.3) is 11.8 Å². The van der Waals surface area contributed by atoms with Crippen LogP contribution in [0.5, 0.6) is 17.4 Å². The zero-order valence-electron chi connectivity index (χ0n) is 16.6. The molecule has 0 amide bonds. The van der Waals surface area contributed by atoms with Gasteiger partial charge in [-0.1, -0.05) is 32.0 Å². The van der Waals surface area contributed by atoms with E-state index in [0.717, 1.165) is 21.5 Å². The third kappa shape index (κ3) is 5.38. The number of para-hydroxylation sites is 1. The largest absolute Gasteiger partial charge is 0.494 e. The highest BCUT2D eigenvalue weighted by Gasteiger charge is 2.14. The van der Waals surface area contributed by atoms with Crippen LogP contribution in [0.1, 0.15) is 19.4 Å². The Morgan fingerprint density at radius 2 is 1.67 bits per heavy atom. The Hall–Kier alpha value is -2.42. The van der Waals surface area contributed by atoms with Crippen LogP contribution < -0.4 is 10.3 Å². The molecule has 5 nitrogen and oxygen atoms in total. The van der Waals surface area contributed by atoms with Gasteiger partial charge in [0.1, 0.15) is 17.1 Å². The Balaban J connectivity index is 1.99. The lowest BCUT2D eigenvalue weighted by molar-refractivity contribution is 0.431. The van der Waals surface area contributed by atoms with Crippen molar-refractivity contribution in [3.63, 3.8) is 0 Å². The molecule has 2 N–H and O–H groups in total. The Morgan fingerprint density at radius 3 is 2.27 bits per heavy atom. The number of hydrogen-bond donors (Lipinski definition) is 2. The van der Waals surface area contributed by atoms with Gasteiger partial charge in [-0.3, -0.25) is 14.3 Å². The molecule has 3 rings (SSSR count). The molecule has 1 heterocycles. The molecule has 156 valence electrons. The highest BCUT2D eigenvalue weighted by atomic mass is 32.2. The molecule has 0 saturated carbocycles. The number of ether oxygens (including phenoxy) is 1. The third-order valence-corrected chi connectivity index (χ3v) is 6.40. The fourth-order valence-corrected chi connectivity index (χ4v) is 5.02. The van der Waals surface area contributed by atoms with Gasteiger partial charge in [-0.05, 0) is 66.2 Å². The number of H-pyrrole nitrogens is 1. The highest BCUT2D eigenvalue weighted by Crippen LogP contribution is 2.32. The van der Waals surface area contributed by atoms with E-state index in [-0.39, 0.29) is 16.2 Å². The second-order valence-corrected chi connectivity index (χ2v) is 9.33. The van der Waals surface area contributed by atoms with Gasteiger partial charge in [0.2, 0.25) is 5.88 Å². The number of benzene rings is 2. The summed E-state index contributed by atoms with van der Waals surface area (Å²) in [5, 5.41) is 10.9. The second-order valence-electron chi connectivity index (χ2n) is 6.07. The van der Waals surface area contributed by atoms with Crippen LogP contribution >= 0.6 is 35.7 Å². The van der Waals surface area contributed by atoms with E-state index in [4.69, 9.17) is 17.0 Å². The average molecular weight is 459 g/mol. The van der Waals surface area contributed by atoms with Gasteiger partial charge in [-0.15, -0.1) is 23.5 Å². The topological polar surface area (TPSA) is 67.2 Å². The molecule has 8 heteroatoms. The number of nitrogens with zero attached hydrogens (tertiary/aromatic N) is 1. The van der Waals surface area contributed by atoms with Crippen LogP contribution in [0.3, 0.4) is 0 Å². The Morgan fingerprint density at radius 1 is 1.07 bits per heavy atom.